The van der Waals surface area contributed by atoms with Crippen LogP contribution in [0.15, 0.2) is 0 Å². The Morgan fingerprint density at radius 2 is 2.06 bits per heavy atom. The Morgan fingerprint density at radius 1 is 1.33 bits per heavy atom. The molecule has 2 aliphatic rings. The quantitative estimate of drug-likeness (QED) is 0.783. The molecule has 0 aromatic heterocycles. The molecule has 0 spiro atoms. The van der Waals surface area contributed by atoms with Gasteiger partial charge in [-0.05, 0) is 65.2 Å². The molecule has 2 heterocycles. The van der Waals surface area contributed by atoms with E-state index in [1.54, 1.807) is 0 Å². The summed E-state index contributed by atoms with van der Waals surface area (Å²) in [7, 11) is 2.17. The van der Waals surface area contributed by atoms with Crippen LogP contribution in [0.2, 0.25) is 0 Å². The smallest absolute Gasteiger partial charge is 0.223 e. The van der Waals surface area contributed by atoms with Gasteiger partial charge in [0.2, 0.25) is 5.91 Å². The lowest BCUT2D eigenvalue weighted by molar-refractivity contribution is -0.126. The molecule has 0 radical (unpaired) electrons. The molecule has 1 amide bonds. The Bertz CT molecular complexity index is 274. The molecular weight excluding hydrogens is 226 g/mol. The second kappa shape index (κ2) is 6.53. The molecule has 18 heavy (non-hydrogen) atoms. The average molecular weight is 253 g/mol. The summed E-state index contributed by atoms with van der Waals surface area (Å²) in [6.07, 6.45) is 4.42. The molecule has 0 aromatic carbocycles. The average Bonchev–Trinajstić information content (AvgIpc) is 2.38. The van der Waals surface area contributed by atoms with Crippen LogP contribution in [-0.2, 0) is 4.79 Å². The first-order valence-corrected chi connectivity index (χ1v) is 7.35. The number of carbonyl (C=O) groups excluding carboxylic acids is 1. The summed E-state index contributed by atoms with van der Waals surface area (Å²) in [5, 5.41) is 6.56. The van der Waals surface area contributed by atoms with E-state index >= 15 is 0 Å². The van der Waals surface area contributed by atoms with Crippen LogP contribution in [0, 0.1) is 11.8 Å². The number of carbonyl (C=O) groups is 1. The number of hydrogen-bond acceptors (Lipinski definition) is 3. The van der Waals surface area contributed by atoms with Gasteiger partial charge in [-0.25, -0.2) is 0 Å². The molecule has 104 valence electrons. The maximum Gasteiger partial charge on any atom is 0.223 e. The highest BCUT2D eigenvalue weighted by Gasteiger charge is 2.25. The van der Waals surface area contributed by atoms with Gasteiger partial charge in [-0.3, -0.25) is 4.79 Å². The Morgan fingerprint density at radius 3 is 2.72 bits per heavy atom. The van der Waals surface area contributed by atoms with Crippen LogP contribution in [0.5, 0.6) is 0 Å². The van der Waals surface area contributed by atoms with Crippen molar-refractivity contribution in [2.45, 2.75) is 38.6 Å². The highest BCUT2D eigenvalue weighted by atomic mass is 16.1. The van der Waals surface area contributed by atoms with Crippen LogP contribution in [-0.4, -0.2) is 50.1 Å². The van der Waals surface area contributed by atoms with Crippen molar-refractivity contribution >= 4 is 5.91 Å². The molecule has 2 saturated heterocycles. The van der Waals surface area contributed by atoms with E-state index in [2.05, 4.69) is 29.5 Å². The molecule has 2 fully saturated rings. The van der Waals surface area contributed by atoms with Crippen molar-refractivity contribution in [2.24, 2.45) is 11.8 Å². The third-order valence-electron chi connectivity index (χ3n) is 4.40. The highest BCUT2D eigenvalue weighted by molar-refractivity contribution is 5.78. The number of rotatable bonds is 3. The SMILES string of the molecule is C[C@H]1C[C@@H](C(=O)NCC2CCN(C)CC2)CCN1. The van der Waals surface area contributed by atoms with E-state index in [1.807, 2.05) is 0 Å². The molecule has 4 nitrogen and oxygen atoms in total. The fraction of sp³-hybridized carbons (Fsp3) is 0.929. The predicted octanol–water partition coefficient (Wildman–Crippen LogP) is 0.833. The summed E-state index contributed by atoms with van der Waals surface area (Å²) < 4.78 is 0. The zero-order chi connectivity index (χ0) is 13.0. The van der Waals surface area contributed by atoms with Gasteiger partial charge in [-0.1, -0.05) is 0 Å². The fourth-order valence-electron chi connectivity index (χ4n) is 3.03. The monoisotopic (exact) mass is 253 g/mol. The van der Waals surface area contributed by atoms with Gasteiger partial charge in [0.1, 0.15) is 0 Å². The molecule has 4 heteroatoms. The molecule has 2 atom stereocenters. The van der Waals surface area contributed by atoms with Gasteiger partial charge >= 0.3 is 0 Å². The summed E-state index contributed by atoms with van der Waals surface area (Å²) in [4.78, 5) is 14.5. The Hall–Kier alpha value is -0.610. The van der Waals surface area contributed by atoms with E-state index in [-0.39, 0.29) is 11.8 Å². The lowest BCUT2D eigenvalue weighted by Gasteiger charge is -2.30. The van der Waals surface area contributed by atoms with Crippen LogP contribution in [0.25, 0.3) is 0 Å². The molecular formula is C14H27N3O. The first-order chi connectivity index (χ1) is 8.65. The number of hydrogen-bond donors (Lipinski definition) is 2. The second-order valence-electron chi connectivity index (χ2n) is 6.07. The van der Waals surface area contributed by atoms with Gasteiger partial charge in [0.15, 0.2) is 0 Å². The van der Waals surface area contributed by atoms with Gasteiger partial charge < -0.3 is 15.5 Å². The van der Waals surface area contributed by atoms with Gasteiger partial charge in [-0.15, -0.1) is 0 Å². The summed E-state index contributed by atoms with van der Waals surface area (Å²) in [5.74, 6) is 1.19. The molecule has 0 aliphatic carbocycles. The summed E-state index contributed by atoms with van der Waals surface area (Å²) in [6, 6.07) is 0.484. The van der Waals surface area contributed by atoms with Crippen LogP contribution in [0.1, 0.15) is 32.6 Å². The van der Waals surface area contributed by atoms with Gasteiger partial charge in [-0.2, -0.15) is 0 Å². The molecule has 0 bridgehead atoms. The number of nitrogens with one attached hydrogen (secondary N) is 2. The second-order valence-corrected chi connectivity index (χ2v) is 6.07. The van der Waals surface area contributed by atoms with E-state index in [0.717, 1.165) is 25.9 Å². The maximum absolute atomic E-state index is 12.1. The van der Waals surface area contributed by atoms with Crippen molar-refractivity contribution in [2.75, 3.05) is 33.2 Å². The largest absolute Gasteiger partial charge is 0.356 e. The van der Waals surface area contributed by atoms with Crippen molar-refractivity contribution in [1.29, 1.82) is 0 Å². The van der Waals surface area contributed by atoms with E-state index in [4.69, 9.17) is 0 Å². The van der Waals surface area contributed by atoms with E-state index in [0.29, 0.717) is 12.0 Å². The normalized spacial score (nSPS) is 31.2. The Balaban J connectivity index is 1.68. The van der Waals surface area contributed by atoms with Crippen molar-refractivity contribution in [3.8, 4) is 0 Å². The zero-order valence-corrected chi connectivity index (χ0v) is 11.7. The number of amides is 1. The van der Waals surface area contributed by atoms with Crippen molar-refractivity contribution in [3.05, 3.63) is 0 Å². The topological polar surface area (TPSA) is 44.4 Å². The van der Waals surface area contributed by atoms with Crippen LogP contribution >= 0.6 is 0 Å². The molecule has 0 saturated carbocycles. The molecule has 0 unspecified atom stereocenters. The molecule has 2 aliphatic heterocycles. The molecule has 2 rings (SSSR count). The zero-order valence-electron chi connectivity index (χ0n) is 11.7. The maximum atomic E-state index is 12.1. The lowest BCUT2D eigenvalue weighted by Crippen LogP contribution is -2.44. The van der Waals surface area contributed by atoms with E-state index in [9.17, 15) is 4.79 Å². The minimum Gasteiger partial charge on any atom is -0.356 e. The Labute approximate surface area is 110 Å². The van der Waals surface area contributed by atoms with E-state index in [1.165, 1.54) is 25.9 Å². The summed E-state index contributed by atoms with van der Waals surface area (Å²) in [6.45, 7) is 6.37. The summed E-state index contributed by atoms with van der Waals surface area (Å²) in [5.41, 5.74) is 0. The number of likely N-dealkylation sites (tertiary alicyclic amines) is 1. The summed E-state index contributed by atoms with van der Waals surface area (Å²) >= 11 is 0. The van der Waals surface area contributed by atoms with Crippen LogP contribution in [0.3, 0.4) is 0 Å². The van der Waals surface area contributed by atoms with Crippen LogP contribution < -0.4 is 10.6 Å². The van der Waals surface area contributed by atoms with E-state index < -0.39 is 0 Å². The van der Waals surface area contributed by atoms with Crippen molar-refractivity contribution in [3.63, 3.8) is 0 Å². The minimum absolute atomic E-state index is 0.229. The van der Waals surface area contributed by atoms with Crippen LogP contribution in [0.4, 0.5) is 0 Å². The fourth-order valence-corrected chi connectivity index (χ4v) is 3.03. The van der Waals surface area contributed by atoms with Crippen molar-refractivity contribution in [1.82, 2.24) is 15.5 Å². The highest BCUT2D eigenvalue weighted by Crippen LogP contribution is 2.18. The first kappa shape index (κ1) is 13.8. The predicted molar refractivity (Wildman–Crippen MR) is 73.4 cm³/mol. The third kappa shape index (κ3) is 3.95. The third-order valence-corrected chi connectivity index (χ3v) is 4.40. The number of piperidine rings is 2. The van der Waals surface area contributed by atoms with Gasteiger partial charge in [0, 0.05) is 18.5 Å². The molecule has 0 aromatic rings. The standard InChI is InChI=1S/C14H27N3O/c1-11-9-13(3-6-15-11)14(18)16-10-12-4-7-17(2)8-5-12/h11-13,15H,3-10H2,1-2H3,(H,16,18)/t11-,13-/m0/s1. The first-order valence-electron chi connectivity index (χ1n) is 7.35. The minimum atomic E-state index is 0.229. The van der Waals surface area contributed by atoms with Gasteiger partial charge in [0.05, 0.1) is 0 Å². The van der Waals surface area contributed by atoms with Crippen molar-refractivity contribution < 1.29 is 4.79 Å². The number of nitrogens with zero attached hydrogens (tertiary/aromatic N) is 1. The Kier molecular flexibility index (Phi) is 5.01. The van der Waals surface area contributed by atoms with Gasteiger partial charge in [0.25, 0.3) is 0 Å². The molecule has 2 N–H and O–H groups in total. The lowest BCUT2D eigenvalue weighted by atomic mass is 9.92.